The van der Waals surface area contributed by atoms with Crippen LogP contribution in [0.25, 0.3) is 0 Å². The zero-order valence-electron chi connectivity index (χ0n) is 8.27. The number of phenols is 1. The second-order valence-electron chi connectivity index (χ2n) is 3.31. The molecule has 0 fully saturated rings. The van der Waals surface area contributed by atoms with E-state index in [1.807, 2.05) is 18.2 Å². The lowest BCUT2D eigenvalue weighted by molar-refractivity contribution is 0.464. The normalized spacial score (nSPS) is 10.4. The summed E-state index contributed by atoms with van der Waals surface area (Å²) in [7, 11) is 0. The fraction of sp³-hybridized carbons (Fsp3) is 0.182. The Morgan fingerprint density at radius 2 is 2.13 bits per heavy atom. The first-order valence-corrected chi connectivity index (χ1v) is 4.81. The van der Waals surface area contributed by atoms with Crippen molar-refractivity contribution in [1.29, 1.82) is 0 Å². The van der Waals surface area contributed by atoms with Crippen LogP contribution < -0.4 is 5.32 Å². The molecule has 0 unspecified atom stereocenters. The molecule has 0 aliphatic rings. The van der Waals surface area contributed by atoms with E-state index in [0.717, 1.165) is 11.3 Å². The van der Waals surface area contributed by atoms with Crippen LogP contribution in [0.15, 0.2) is 36.8 Å². The summed E-state index contributed by atoms with van der Waals surface area (Å²) in [4.78, 5) is 6.92. The average Bonchev–Trinajstić information content (AvgIpc) is 2.74. The van der Waals surface area contributed by atoms with E-state index in [2.05, 4.69) is 15.3 Å². The molecule has 1 heterocycles. The van der Waals surface area contributed by atoms with Crippen molar-refractivity contribution in [2.45, 2.75) is 13.1 Å². The van der Waals surface area contributed by atoms with Gasteiger partial charge in [-0.1, -0.05) is 18.2 Å². The summed E-state index contributed by atoms with van der Waals surface area (Å²) in [6.45, 7) is 1.36. The summed E-state index contributed by atoms with van der Waals surface area (Å²) < 4.78 is 0. The minimum Gasteiger partial charge on any atom is -0.508 e. The van der Waals surface area contributed by atoms with Crippen molar-refractivity contribution in [3.63, 3.8) is 0 Å². The monoisotopic (exact) mass is 203 g/mol. The molecule has 15 heavy (non-hydrogen) atoms. The molecule has 4 nitrogen and oxygen atoms in total. The molecule has 4 heteroatoms. The molecule has 0 amide bonds. The maximum Gasteiger partial charge on any atom is 0.120 e. The molecule has 2 rings (SSSR count). The molecule has 78 valence electrons. The van der Waals surface area contributed by atoms with Crippen LogP contribution in [0.2, 0.25) is 0 Å². The number of imidazole rings is 1. The van der Waals surface area contributed by atoms with Crippen LogP contribution in [0.3, 0.4) is 0 Å². The SMILES string of the molecule is Oc1ccccc1CNCc1cnc[nH]1. The minimum atomic E-state index is 0.328. The van der Waals surface area contributed by atoms with Gasteiger partial charge < -0.3 is 15.4 Å². The highest BCUT2D eigenvalue weighted by atomic mass is 16.3. The number of aromatic nitrogens is 2. The Morgan fingerprint density at radius 3 is 2.87 bits per heavy atom. The molecular weight excluding hydrogens is 190 g/mol. The Morgan fingerprint density at radius 1 is 1.27 bits per heavy atom. The third-order valence-corrected chi connectivity index (χ3v) is 2.18. The van der Waals surface area contributed by atoms with Crippen LogP contribution >= 0.6 is 0 Å². The van der Waals surface area contributed by atoms with Crippen LogP contribution in [0.5, 0.6) is 5.75 Å². The van der Waals surface area contributed by atoms with Crippen molar-refractivity contribution in [2.75, 3.05) is 0 Å². The number of nitrogens with zero attached hydrogens (tertiary/aromatic N) is 1. The van der Waals surface area contributed by atoms with E-state index in [0.29, 0.717) is 18.8 Å². The van der Waals surface area contributed by atoms with Gasteiger partial charge in [-0.05, 0) is 6.07 Å². The lowest BCUT2D eigenvalue weighted by Crippen LogP contribution is -2.12. The molecule has 0 aliphatic heterocycles. The largest absolute Gasteiger partial charge is 0.508 e. The van der Waals surface area contributed by atoms with Crippen LogP contribution in [0.1, 0.15) is 11.3 Å². The van der Waals surface area contributed by atoms with E-state index in [1.165, 1.54) is 0 Å². The minimum absolute atomic E-state index is 0.328. The van der Waals surface area contributed by atoms with E-state index in [-0.39, 0.29) is 0 Å². The Bertz CT molecular complexity index is 412. The van der Waals surface area contributed by atoms with Gasteiger partial charge in [-0.2, -0.15) is 0 Å². The number of hydrogen-bond acceptors (Lipinski definition) is 3. The number of nitrogens with one attached hydrogen (secondary N) is 2. The molecule has 0 saturated carbocycles. The van der Waals surface area contributed by atoms with Crippen molar-refractivity contribution >= 4 is 0 Å². The average molecular weight is 203 g/mol. The Balaban J connectivity index is 1.86. The van der Waals surface area contributed by atoms with E-state index < -0.39 is 0 Å². The molecule has 3 N–H and O–H groups in total. The molecule has 0 aliphatic carbocycles. The molecular formula is C11H13N3O. The first kappa shape index (κ1) is 9.73. The van der Waals surface area contributed by atoms with Gasteiger partial charge in [0.2, 0.25) is 0 Å². The molecule has 0 atom stereocenters. The van der Waals surface area contributed by atoms with E-state index in [4.69, 9.17) is 0 Å². The molecule has 0 saturated heterocycles. The van der Waals surface area contributed by atoms with Crippen LogP contribution in [-0.4, -0.2) is 15.1 Å². The number of rotatable bonds is 4. The van der Waals surface area contributed by atoms with Crippen LogP contribution in [0.4, 0.5) is 0 Å². The van der Waals surface area contributed by atoms with Gasteiger partial charge in [0.25, 0.3) is 0 Å². The third kappa shape index (κ3) is 2.57. The van der Waals surface area contributed by atoms with Gasteiger partial charge in [0.05, 0.1) is 6.33 Å². The number of hydrogen-bond donors (Lipinski definition) is 3. The molecule has 0 radical (unpaired) electrons. The predicted octanol–water partition coefficient (Wildman–Crippen LogP) is 1.41. The molecule has 2 aromatic rings. The second kappa shape index (κ2) is 4.61. The first-order chi connectivity index (χ1) is 7.36. The summed E-state index contributed by atoms with van der Waals surface area (Å²) in [5, 5.41) is 12.7. The maximum atomic E-state index is 9.51. The zero-order valence-corrected chi connectivity index (χ0v) is 8.27. The number of phenolic OH excluding ortho intramolecular Hbond substituents is 1. The number of H-pyrrole nitrogens is 1. The smallest absolute Gasteiger partial charge is 0.120 e. The predicted molar refractivity (Wildman–Crippen MR) is 57.2 cm³/mol. The lowest BCUT2D eigenvalue weighted by Gasteiger charge is -2.05. The highest BCUT2D eigenvalue weighted by Gasteiger charge is 1.99. The fourth-order valence-electron chi connectivity index (χ4n) is 1.37. The third-order valence-electron chi connectivity index (χ3n) is 2.18. The second-order valence-corrected chi connectivity index (χ2v) is 3.31. The summed E-state index contributed by atoms with van der Waals surface area (Å²) in [6.07, 6.45) is 3.43. The van der Waals surface area contributed by atoms with Gasteiger partial charge in [0.1, 0.15) is 5.75 Å². The van der Waals surface area contributed by atoms with Crippen molar-refractivity contribution < 1.29 is 5.11 Å². The Kier molecular flexibility index (Phi) is 2.99. The lowest BCUT2D eigenvalue weighted by atomic mass is 10.2. The van der Waals surface area contributed by atoms with Gasteiger partial charge in [-0.3, -0.25) is 0 Å². The molecule has 0 bridgehead atoms. The van der Waals surface area contributed by atoms with E-state index >= 15 is 0 Å². The summed E-state index contributed by atoms with van der Waals surface area (Å²) in [5.74, 6) is 0.328. The number of aromatic hydroxyl groups is 1. The standard InChI is InChI=1S/C11H13N3O/c15-11-4-2-1-3-9(11)5-12-6-10-7-13-8-14-10/h1-4,7-8,12,15H,5-6H2,(H,13,14). The van der Waals surface area contributed by atoms with Crippen LogP contribution in [-0.2, 0) is 13.1 Å². The van der Waals surface area contributed by atoms with E-state index in [1.54, 1.807) is 18.6 Å². The van der Waals surface area contributed by atoms with Crippen molar-refractivity contribution in [3.8, 4) is 5.75 Å². The molecule has 0 spiro atoms. The van der Waals surface area contributed by atoms with Gasteiger partial charge >= 0.3 is 0 Å². The van der Waals surface area contributed by atoms with Crippen molar-refractivity contribution in [2.24, 2.45) is 0 Å². The maximum absolute atomic E-state index is 9.51. The number of para-hydroxylation sites is 1. The number of aromatic amines is 1. The highest BCUT2D eigenvalue weighted by Crippen LogP contribution is 2.14. The topological polar surface area (TPSA) is 60.9 Å². The van der Waals surface area contributed by atoms with Gasteiger partial charge in [0, 0.05) is 30.5 Å². The fourth-order valence-corrected chi connectivity index (χ4v) is 1.37. The van der Waals surface area contributed by atoms with Gasteiger partial charge in [-0.25, -0.2) is 4.98 Å². The summed E-state index contributed by atoms with van der Waals surface area (Å²) in [5.41, 5.74) is 1.93. The first-order valence-electron chi connectivity index (χ1n) is 4.81. The number of benzene rings is 1. The molecule has 1 aromatic heterocycles. The quantitative estimate of drug-likeness (QED) is 0.704. The van der Waals surface area contributed by atoms with Gasteiger partial charge in [0.15, 0.2) is 0 Å². The van der Waals surface area contributed by atoms with E-state index in [9.17, 15) is 5.11 Å². The summed E-state index contributed by atoms with van der Waals surface area (Å²) in [6, 6.07) is 7.31. The van der Waals surface area contributed by atoms with Crippen molar-refractivity contribution in [3.05, 3.63) is 48.0 Å². The van der Waals surface area contributed by atoms with Gasteiger partial charge in [-0.15, -0.1) is 0 Å². The highest BCUT2D eigenvalue weighted by molar-refractivity contribution is 5.31. The molecule has 1 aromatic carbocycles. The summed E-state index contributed by atoms with van der Waals surface area (Å²) >= 11 is 0. The Hall–Kier alpha value is -1.81. The van der Waals surface area contributed by atoms with Crippen molar-refractivity contribution in [1.82, 2.24) is 15.3 Å². The Labute approximate surface area is 88.0 Å². The zero-order chi connectivity index (χ0) is 10.5. The van der Waals surface area contributed by atoms with Crippen LogP contribution in [0, 0.1) is 0 Å².